The summed E-state index contributed by atoms with van der Waals surface area (Å²) < 4.78 is 25.8. The Bertz CT molecular complexity index is 914. The van der Waals surface area contributed by atoms with Crippen molar-refractivity contribution in [3.8, 4) is 11.5 Å². The first-order valence-corrected chi connectivity index (χ1v) is 13.6. The van der Waals surface area contributed by atoms with Gasteiger partial charge in [0.2, 0.25) is 0 Å². The van der Waals surface area contributed by atoms with Gasteiger partial charge in [0.15, 0.2) is 17.3 Å². The molecule has 2 aromatic rings. The van der Waals surface area contributed by atoms with Crippen molar-refractivity contribution in [2.24, 2.45) is 5.92 Å². The van der Waals surface area contributed by atoms with E-state index in [4.69, 9.17) is 18.7 Å². The number of aryl methyl sites for hydroxylation is 1. The van der Waals surface area contributed by atoms with Crippen LogP contribution in [0.1, 0.15) is 68.1 Å². The van der Waals surface area contributed by atoms with Gasteiger partial charge in [-0.15, -0.1) is 0 Å². The van der Waals surface area contributed by atoms with E-state index < -0.39 is 0 Å². The van der Waals surface area contributed by atoms with E-state index in [1.54, 1.807) is 32.6 Å². The van der Waals surface area contributed by atoms with E-state index in [9.17, 15) is 9.18 Å². The molecule has 1 saturated heterocycles. The normalized spacial score (nSPS) is 16.5. The Morgan fingerprint density at radius 2 is 1.68 bits per heavy atom. The van der Waals surface area contributed by atoms with E-state index in [0.29, 0.717) is 24.9 Å². The Kier molecular flexibility index (Phi) is 16.0. The van der Waals surface area contributed by atoms with Crippen LogP contribution in [0.2, 0.25) is 0 Å². The number of benzene rings is 1. The molecule has 0 radical (unpaired) electrons. The van der Waals surface area contributed by atoms with Crippen LogP contribution in [0.15, 0.2) is 34.9 Å². The van der Waals surface area contributed by atoms with Crippen LogP contribution in [0.3, 0.4) is 0 Å². The van der Waals surface area contributed by atoms with Crippen molar-refractivity contribution in [3.05, 3.63) is 47.4 Å². The van der Waals surface area contributed by atoms with Gasteiger partial charge in [0.05, 0.1) is 27.7 Å². The maximum absolute atomic E-state index is 12.6. The number of hydrogen-bond acceptors (Lipinski definition) is 6. The molecule has 1 unspecified atom stereocenters. The average Bonchev–Trinajstić information content (AvgIpc) is 3.54. The Labute approximate surface area is 228 Å². The number of methoxy groups -OCH3 is 2. The monoisotopic (exact) mass is 534 g/mol. The van der Waals surface area contributed by atoms with Gasteiger partial charge in [0, 0.05) is 25.7 Å². The third-order valence-corrected chi connectivity index (χ3v) is 7.06. The van der Waals surface area contributed by atoms with Gasteiger partial charge in [-0.2, -0.15) is 0 Å². The Balaban J connectivity index is 0.00000112. The van der Waals surface area contributed by atoms with Crippen LogP contribution in [0.5, 0.6) is 11.5 Å². The standard InChI is InChI=1S/C26H36N2O4.C2H6.CH3F.CH2O/c1-4-11-28(18-19-9-12-27(13-10-19)26(29)23-6-5-14-32-23)22-8-7-20-16-24(30-2)25(31-3)17-21(20)15-22;3*1-2/h5-6,14,16-17,19,22H,4,7-13,15,18H2,1-3H3;1-2H3;1H3;1H2. The molecular formula is C30H47FN2O5. The number of halogens is 1. The summed E-state index contributed by atoms with van der Waals surface area (Å²) in [5.41, 5.74) is 2.78. The molecule has 2 aliphatic rings. The Morgan fingerprint density at radius 1 is 1.08 bits per heavy atom. The van der Waals surface area contributed by atoms with Crippen LogP contribution in [-0.2, 0) is 17.6 Å². The highest BCUT2D eigenvalue weighted by Crippen LogP contribution is 2.35. The maximum Gasteiger partial charge on any atom is 0.289 e. The molecule has 38 heavy (non-hydrogen) atoms. The zero-order valence-corrected chi connectivity index (χ0v) is 24.1. The van der Waals surface area contributed by atoms with E-state index in [-0.39, 0.29) is 5.91 Å². The van der Waals surface area contributed by atoms with Crippen LogP contribution >= 0.6 is 0 Å². The molecule has 2 heterocycles. The van der Waals surface area contributed by atoms with Crippen molar-refractivity contribution in [1.82, 2.24) is 9.80 Å². The minimum atomic E-state index is 0.0205. The van der Waals surface area contributed by atoms with Gasteiger partial charge >= 0.3 is 0 Å². The molecule has 1 amide bonds. The summed E-state index contributed by atoms with van der Waals surface area (Å²) in [6.07, 6.45) is 8.16. The fourth-order valence-electron chi connectivity index (χ4n) is 5.29. The van der Waals surface area contributed by atoms with Gasteiger partial charge in [-0.25, -0.2) is 0 Å². The van der Waals surface area contributed by atoms with Gasteiger partial charge in [0.1, 0.15) is 6.79 Å². The summed E-state index contributed by atoms with van der Waals surface area (Å²) in [5, 5.41) is 0. The lowest BCUT2D eigenvalue weighted by atomic mass is 9.86. The van der Waals surface area contributed by atoms with Crippen molar-refractivity contribution in [1.29, 1.82) is 0 Å². The highest BCUT2D eigenvalue weighted by atomic mass is 19.1. The van der Waals surface area contributed by atoms with E-state index in [0.717, 1.165) is 69.8 Å². The predicted octanol–water partition coefficient (Wildman–Crippen LogP) is 5.85. The maximum atomic E-state index is 12.6. The number of likely N-dealkylation sites (tertiary alicyclic amines) is 1. The summed E-state index contributed by atoms with van der Waals surface area (Å²) in [4.78, 5) is 25.2. The van der Waals surface area contributed by atoms with Crippen LogP contribution in [0, 0.1) is 5.92 Å². The number of piperidine rings is 1. The molecule has 1 aromatic carbocycles. The molecule has 7 nitrogen and oxygen atoms in total. The van der Waals surface area contributed by atoms with Crippen LogP contribution < -0.4 is 9.47 Å². The summed E-state index contributed by atoms with van der Waals surface area (Å²) in [5.74, 6) is 2.75. The molecule has 0 spiro atoms. The van der Waals surface area contributed by atoms with Crippen molar-refractivity contribution >= 4 is 12.7 Å². The SMILES string of the molecule is C=O.CC.CCCN(CC1CCN(C(=O)c2ccco2)CC1)C1CCc2cc(OC)c(OC)cc2C1.CF. The van der Waals surface area contributed by atoms with Crippen LogP contribution in [0.25, 0.3) is 0 Å². The molecule has 214 valence electrons. The lowest BCUT2D eigenvalue weighted by Gasteiger charge is -2.39. The number of ether oxygens (including phenoxy) is 2. The lowest BCUT2D eigenvalue weighted by Crippen LogP contribution is -2.46. The Morgan fingerprint density at radius 3 is 2.21 bits per heavy atom. The fourth-order valence-corrected chi connectivity index (χ4v) is 5.29. The number of alkyl halides is 1. The number of carbonyl (C=O) groups is 2. The number of fused-ring (bicyclic) bond motifs is 1. The molecule has 8 heteroatoms. The summed E-state index contributed by atoms with van der Waals surface area (Å²) in [6, 6.07) is 8.41. The number of amides is 1. The minimum Gasteiger partial charge on any atom is -0.493 e. The zero-order chi connectivity index (χ0) is 28.5. The molecule has 1 fully saturated rings. The molecule has 0 bridgehead atoms. The zero-order valence-electron chi connectivity index (χ0n) is 24.1. The summed E-state index contributed by atoms with van der Waals surface area (Å²) >= 11 is 0. The predicted molar refractivity (Wildman–Crippen MR) is 150 cm³/mol. The molecule has 0 saturated carbocycles. The first-order chi connectivity index (χ1) is 18.6. The Hall–Kier alpha value is -2.87. The second-order valence-electron chi connectivity index (χ2n) is 9.08. The highest BCUT2D eigenvalue weighted by Gasteiger charge is 2.30. The second-order valence-corrected chi connectivity index (χ2v) is 9.08. The number of furan rings is 1. The number of carbonyl (C=O) groups excluding carboxylic acids is 2. The minimum absolute atomic E-state index is 0.0205. The lowest BCUT2D eigenvalue weighted by molar-refractivity contribution is -0.0980. The first-order valence-electron chi connectivity index (χ1n) is 13.6. The molecular weight excluding hydrogens is 487 g/mol. The van der Waals surface area contributed by atoms with Gasteiger partial charge in [0.25, 0.3) is 5.91 Å². The second kappa shape index (κ2) is 18.4. The molecule has 0 N–H and O–H groups in total. The topological polar surface area (TPSA) is 72.2 Å². The van der Waals surface area contributed by atoms with Gasteiger partial charge in [-0.1, -0.05) is 20.8 Å². The number of nitrogens with zero attached hydrogens (tertiary/aromatic N) is 2. The van der Waals surface area contributed by atoms with Crippen molar-refractivity contribution in [2.45, 2.75) is 65.3 Å². The third-order valence-electron chi connectivity index (χ3n) is 7.06. The summed E-state index contributed by atoms with van der Waals surface area (Å²) in [7, 11) is 3.91. The van der Waals surface area contributed by atoms with Gasteiger partial charge in [-0.05, 0) is 86.4 Å². The average molecular weight is 535 g/mol. The van der Waals surface area contributed by atoms with Gasteiger partial charge < -0.3 is 23.6 Å². The molecule has 1 atom stereocenters. The smallest absolute Gasteiger partial charge is 0.289 e. The van der Waals surface area contributed by atoms with E-state index in [1.807, 2.05) is 25.5 Å². The van der Waals surface area contributed by atoms with E-state index in [1.165, 1.54) is 17.5 Å². The molecule has 1 aliphatic heterocycles. The van der Waals surface area contributed by atoms with Crippen molar-refractivity contribution in [2.75, 3.05) is 47.6 Å². The molecule has 1 aliphatic carbocycles. The number of hydrogen-bond donors (Lipinski definition) is 0. The molecule has 4 rings (SSSR count). The van der Waals surface area contributed by atoms with Crippen LogP contribution in [-0.4, -0.2) is 76.1 Å². The highest BCUT2D eigenvalue weighted by molar-refractivity contribution is 5.91. The van der Waals surface area contributed by atoms with E-state index >= 15 is 0 Å². The number of rotatable bonds is 8. The largest absolute Gasteiger partial charge is 0.493 e. The molecule has 1 aromatic heterocycles. The summed E-state index contributed by atoms with van der Waals surface area (Å²) in [6.45, 7) is 12.1. The van der Waals surface area contributed by atoms with Crippen molar-refractivity contribution < 1.29 is 27.9 Å². The van der Waals surface area contributed by atoms with Crippen molar-refractivity contribution in [3.63, 3.8) is 0 Å². The van der Waals surface area contributed by atoms with Crippen LogP contribution in [0.4, 0.5) is 4.39 Å². The fraction of sp³-hybridized carbons (Fsp3) is 0.600. The van der Waals surface area contributed by atoms with E-state index in [2.05, 4.69) is 24.0 Å². The first kappa shape index (κ1) is 33.2. The quantitative estimate of drug-likeness (QED) is 0.423. The third kappa shape index (κ3) is 8.86. The van der Waals surface area contributed by atoms with Gasteiger partial charge in [-0.3, -0.25) is 14.1 Å².